The Labute approximate surface area is 132 Å². The molecule has 1 aromatic carbocycles. The van der Waals surface area contributed by atoms with Gasteiger partial charge in [-0.1, -0.05) is 23.7 Å². The highest BCUT2D eigenvalue weighted by molar-refractivity contribution is 7.12. The van der Waals surface area contributed by atoms with E-state index in [1.165, 1.54) is 0 Å². The van der Waals surface area contributed by atoms with Crippen molar-refractivity contribution in [2.24, 2.45) is 0 Å². The number of halogens is 1. The second-order valence-corrected chi connectivity index (χ2v) is 6.65. The quantitative estimate of drug-likeness (QED) is 0.817. The summed E-state index contributed by atoms with van der Waals surface area (Å²) in [7, 11) is 0. The van der Waals surface area contributed by atoms with E-state index >= 15 is 0 Å². The lowest BCUT2D eigenvalue weighted by Crippen LogP contribution is -2.13. The van der Waals surface area contributed by atoms with E-state index in [2.05, 4.69) is 5.32 Å². The Kier molecular flexibility index (Phi) is 5.15. The van der Waals surface area contributed by atoms with Crippen LogP contribution in [0, 0.1) is 13.8 Å². The Morgan fingerprint density at radius 1 is 1.19 bits per heavy atom. The van der Waals surface area contributed by atoms with Gasteiger partial charge in [-0.2, -0.15) is 0 Å². The van der Waals surface area contributed by atoms with Gasteiger partial charge in [0.15, 0.2) is 5.78 Å². The van der Waals surface area contributed by atoms with Gasteiger partial charge in [0, 0.05) is 28.2 Å². The smallest absolute Gasteiger partial charge is 0.224 e. The number of rotatable bonds is 5. The third kappa shape index (κ3) is 4.16. The van der Waals surface area contributed by atoms with Crippen molar-refractivity contribution in [2.45, 2.75) is 26.7 Å². The van der Waals surface area contributed by atoms with Crippen molar-refractivity contribution < 1.29 is 9.59 Å². The first-order valence-corrected chi connectivity index (χ1v) is 7.81. The predicted octanol–water partition coefficient (Wildman–Crippen LogP) is 4.62. The first-order valence-electron chi connectivity index (χ1n) is 6.62. The van der Waals surface area contributed by atoms with E-state index in [1.54, 1.807) is 35.6 Å². The standard InChI is InChI=1S/C16H16ClNO2S/c1-10-9-12(11(2)21-10)15(19)7-8-16(20)18-14-6-4-3-5-13(14)17/h3-6,9H,7-8H2,1-2H3,(H,18,20). The lowest BCUT2D eigenvalue weighted by atomic mass is 10.1. The average molecular weight is 322 g/mol. The zero-order valence-electron chi connectivity index (χ0n) is 11.9. The second kappa shape index (κ2) is 6.87. The van der Waals surface area contributed by atoms with E-state index in [1.807, 2.05) is 19.9 Å². The van der Waals surface area contributed by atoms with Crippen LogP contribution in [0.3, 0.4) is 0 Å². The number of amides is 1. The molecule has 2 rings (SSSR count). The van der Waals surface area contributed by atoms with Crippen LogP contribution in [-0.4, -0.2) is 11.7 Å². The summed E-state index contributed by atoms with van der Waals surface area (Å²) in [5.41, 5.74) is 1.29. The molecule has 0 bridgehead atoms. The Morgan fingerprint density at radius 2 is 1.90 bits per heavy atom. The highest BCUT2D eigenvalue weighted by atomic mass is 35.5. The number of aryl methyl sites for hydroxylation is 2. The molecule has 0 radical (unpaired) electrons. The zero-order chi connectivity index (χ0) is 15.4. The molecule has 1 aromatic heterocycles. The number of para-hydroxylation sites is 1. The predicted molar refractivity (Wildman–Crippen MR) is 87.4 cm³/mol. The number of Topliss-reactive ketones (excluding diaryl/α,β-unsaturated/α-hetero) is 1. The molecular formula is C16H16ClNO2S. The Balaban J connectivity index is 1.91. The maximum absolute atomic E-state index is 12.1. The van der Waals surface area contributed by atoms with Crippen LogP contribution >= 0.6 is 22.9 Å². The van der Waals surface area contributed by atoms with E-state index < -0.39 is 0 Å². The molecule has 21 heavy (non-hydrogen) atoms. The molecular weight excluding hydrogens is 306 g/mol. The second-order valence-electron chi connectivity index (χ2n) is 4.78. The molecule has 0 fully saturated rings. The summed E-state index contributed by atoms with van der Waals surface area (Å²) in [6.07, 6.45) is 0.353. The van der Waals surface area contributed by atoms with Crippen molar-refractivity contribution in [1.82, 2.24) is 0 Å². The maximum Gasteiger partial charge on any atom is 0.224 e. The fourth-order valence-electron chi connectivity index (χ4n) is 2.04. The third-order valence-electron chi connectivity index (χ3n) is 3.07. The number of anilines is 1. The van der Waals surface area contributed by atoms with Gasteiger partial charge < -0.3 is 5.32 Å². The number of thiophene rings is 1. The molecule has 0 unspecified atom stereocenters. The van der Waals surface area contributed by atoms with Crippen molar-refractivity contribution >= 4 is 40.3 Å². The summed E-state index contributed by atoms with van der Waals surface area (Å²) in [6, 6.07) is 8.91. The minimum atomic E-state index is -0.207. The molecule has 0 saturated carbocycles. The Hall–Kier alpha value is -1.65. The van der Waals surface area contributed by atoms with E-state index in [4.69, 9.17) is 11.6 Å². The lowest BCUT2D eigenvalue weighted by molar-refractivity contribution is -0.116. The average Bonchev–Trinajstić information content (AvgIpc) is 2.78. The first-order chi connectivity index (χ1) is 9.97. The van der Waals surface area contributed by atoms with Gasteiger partial charge in [0.2, 0.25) is 5.91 Å². The van der Waals surface area contributed by atoms with Crippen LogP contribution in [0.1, 0.15) is 33.0 Å². The van der Waals surface area contributed by atoms with Gasteiger partial charge in [-0.15, -0.1) is 11.3 Å². The molecule has 1 N–H and O–H groups in total. The maximum atomic E-state index is 12.1. The summed E-state index contributed by atoms with van der Waals surface area (Å²) >= 11 is 7.57. The van der Waals surface area contributed by atoms with Gasteiger partial charge >= 0.3 is 0 Å². The van der Waals surface area contributed by atoms with Crippen molar-refractivity contribution in [2.75, 3.05) is 5.32 Å². The number of hydrogen-bond acceptors (Lipinski definition) is 3. The van der Waals surface area contributed by atoms with Gasteiger partial charge in [0.25, 0.3) is 0 Å². The minimum Gasteiger partial charge on any atom is -0.325 e. The molecule has 0 aliphatic rings. The molecule has 0 saturated heterocycles. The van der Waals surface area contributed by atoms with Crippen LogP contribution in [0.4, 0.5) is 5.69 Å². The molecule has 3 nitrogen and oxygen atoms in total. The van der Waals surface area contributed by atoms with Gasteiger partial charge in [0.1, 0.15) is 0 Å². The molecule has 0 aliphatic carbocycles. The Morgan fingerprint density at radius 3 is 2.52 bits per heavy atom. The fourth-order valence-corrected chi connectivity index (χ4v) is 3.17. The van der Waals surface area contributed by atoms with Crippen LogP contribution in [0.25, 0.3) is 0 Å². The zero-order valence-corrected chi connectivity index (χ0v) is 13.5. The van der Waals surface area contributed by atoms with Crippen LogP contribution in [0.5, 0.6) is 0 Å². The topological polar surface area (TPSA) is 46.2 Å². The molecule has 1 heterocycles. The number of hydrogen-bond donors (Lipinski definition) is 1. The molecule has 0 atom stereocenters. The summed E-state index contributed by atoms with van der Waals surface area (Å²) in [4.78, 5) is 26.1. The van der Waals surface area contributed by atoms with Crippen molar-refractivity contribution in [3.63, 3.8) is 0 Å². The van der Waals surface area contributed by atoms with Gasteiger partial charge in [0.05, 0.1) is 10.7 Å². The lowest BCUT2D eigenvalue weighted by Gasteiger charge is -2.06. The summed E-state index contributed by atoms with van der Waals surface area (Å²) in [6.45, 7) is 3.90. The van der Waals surface area contributed by atoms with E-state index in [0.29, 0.717) is 10.7 Å². The number of nitrogens with one attached hydrogen (secondary N) is 1. The molecule has 1 amide bonds. The summed E-state index contributed by atoms with van der Waals surface area (Å²) in [5, 5.41) is 3.20. The largest absolute Gasteiger partial charge is 0.325 e. The summed E-state index contributed by atoms with van der Waals surface area (Å²) < 4.78 is 0. The van der Waals surface area contributed by atoms with Gasteiger partial charge in [-0.25, -0.2) is 0 Å². The molecule has 2 aromatic rings. The number of benzene rings is 1. The van der Waals surface area contributed by atoms with E-state index in [-0.39, 0.29) is 24.5 Å². The number of carbonyl (C=O) groups is 2. The van der Waals surface area contributed by atoms with Gasteiger partial charge in [-0.05, 0) is 32.0 Å². The monoisotopic (exact) mass is 321 g/mol. The van der Waals surface area contributed by atoms with Gasteiger partial charge in [-0.3, -0.25) is 9.59 Å². The third-order valence-corrected chi connectivity index (χ3v) is 4.36. The van der Waals surface area contributed by atoms with E-state index in [0.717, 1.165) is 15.3 Å². The van der Waals surface area contributed by atoms with Crippen molar-refractivity contribution in [1.29, 1.82) is 0 Å². The highest BCUT2D eigenvalue weighted by Gasteiger charge is 2.14. The number of carbonyl (C=O) groups excluding carboxylic acids is 2. The van der Waals surface area contributed by atoms with Crippen LogP contribution in [0.2, 0.25) is 5.02 Å². The molecule has 110 valence electrons. The van der Waals surface area contributed by atoms with Crippen molar-refractivity contribution in [3.8, 4) is 0 Å². The van der Waals surface area contributed by atoms with Crippen LogP contribution in [0.15, 0.2) is 30.3 Å². The van der Waals surface area contributed by atoms with Crippen LogP contribution < -0.4 is 5.32 Å². The van der Waals surface area contributed by atoms with E-state index in [9.17, 15) is 9.59 Å². The molecule has 0 aliphatic heterocycles. The summed E-state index contributed by atoms with van der Waals surface area (Å²) in [5.74, 6) is -0.202. The first kappa shape index (κ1) is 15.7. The fraction of sp³-hybridized carbons (Fsp3) is 0.250. The normalized spacial score (nSPS) is 10.4. The number of ketones is 1. The minimum absolute atomic E-state index is 0.00570. The van der Waals surface area contributed by atoms with Crippen LogP contribution in [-0.2, 0) is 4.79 Å². The van der Waals surface area contributed by atoms with Crippen molar-refractivity contribution in [3.05, 3.63) is 50.7 Å². The SMILES string of the molecule is Cc1cc(C(=O)CCC(=O)Nc2ccccc2Cl)c(C)s1. The molecule has 0 spiro atoms. The molecule has 5 heteroatoms. The Bertz CT molecular complexity index is 679. The highest BCUT2D eigenvalue weighted by Crippen LogP contribution is 2.23.